The number of imidazole rings is 1. The van der Waals surface area contributed by atoms with E-state index in [0.29, 0.717) is 12.5 Å². The molecular weight excluding hydrogens is 268 g/mol. The SMILES string of the molecule is Cc1nccn1CC(C)CNC(=O)N[C@@H]1C=C[C@H](CO)C1. The van der Waals surface area contributed by atoms with Crippen molar-refractivity contribution in [3.05, 3.63) is 30.4 Å². The molecule has 2 amide bonds. The van der Waals surface area contributed by atoms with Crippen LogP contribution in [0.4, 0.5) is 4.79 Å². The van der Waals surface area contributed by atoms with Gasteiger partial charge < -0.3 is 20.3 Å². The Labute approximate surface area is 125 Å². The minimum Gasteiger partial charge on any atom is -0.396 e. The number of amides is 2. The molecule has 1 aliphatic carbocycles. The van der Waals surface area contributed by atoms with Gasteiger partial charge in [-0.25, -0.2) is 9.78 Å². The van der Waals surface area contributed by atoms with Gasteiger partial charge in [-0.1, -0.05) is 19.1 Å². The first kappa shape index (κ1) is 15.6. The summed E-state index contributed by atoms with van der Waals surface area (Å²) < 4.78 is 2.08. The number of hydrogen-bond donors (Lipinski definition) is 3. The quantitative estimate of drug-likeness (QED) is 0.686. The maximum atomic E-state index is 11.8. The molecule has 0 saturated heterocycles. The molecule has 0 spiro atoms. The normalized spacial score (nSPS) is 22.2. The highest BCUT2D eigenvalue weighted by molar-refractivity contribution is 5.74. The first-order chi connectivity index (χ1) is 10.1. The van der Waals surface area contributed by atoms with Crippen LogP contribution in [0.15, 0.2) is 24.5 Å². The lowest BCUT2D eigenvalue weighted by Gasteiger charge is -2.17. The fraction of sp³-hybridized carbons (Fsp3) is 0.600. The third-order valence-electron chi connectivity index (χ3n) is 3.77. The van der Waals surface area contributed by atoms with Crippen LogP contribution in [0.3, 0.4) is 0 Å². The van der Waals surface area contributed by atoms with E-state index in [-0.39, 0.29) is 24.6 Å². The van der Waals surface area contributed by atoms with Gasteiger partial charge in [-0.3, -0.25) is 0 Å². The second-order valence-corrected chi connectivity index (χ2v) is 5.76. The highest BCUT2D eigenvalue weighted by Gasteiger charge is 2.19. The number of nitrogens with zero attached hydrogens (tertiary/aromatic N) is 2. The summed E-state index contributed by atoms with van der Waals surface area (Å²) in [4.78, 5) is 16.0. The Kier molecular flexibility index (Phi) is 5.38. The minimum atomic E-state index is -0.155. The number of aromatic nitrogens is 2. The van der Waals surface area contributed by atoms with Gasteiger partial charge in [0, 0.05) is 44.0 Å². The summed E-state index contributed by atoms with van der Waals surface area (Å²) in [6, 6.07) is -0.134. The molecule has 0 fully saturated rings. The Balaban J connectivity index is 1.67. The number of nitrogens with one attached hydrogen (secondary N) is 2. The zero-order chi connectivity index (χ0) is 15.2. The van der Waals surface area contributed by atoms with Gasteiger partial charge in [0.25, 0.3) is 0 Å². The fourth-order valence-corrected chi connectivity index (χ4v) is 2.50. The van der Waals surface area contributed by atoms with Crippen molar-refractivity contribution in [2.24, 2.45) is 11.8 Å². The number of hydrogen-bond acceptors (Lipinski definition) is 3. The van der Waals surface area contributed by atoms with Gasteiger partial charge in [-0.2, -0.15) is 0 Å². The summed E-state index contributed by atoms with van der Waals surface area (Å²) >= 11 is 0. The Morgan fingerprint density at radius 3 is 3.00 bits per heavy atom. The van der Waals surface area contributed by atoms with E-state index in [2.05, 4.69) is 27.1 Å². The van der Waals surface area contributed by atoms with Crippen LogP contribution in [-0.2, 0) is 6.54 Å². The molecule has 1 aliphatic rings. The Morgan fingerprint density at radius 1 is 1.57 bits per heavy atom. The molecule has 3 N–H and O–H groups in total. The van der Waals surface area contributed by atoms with Gasteiger partial charge in [0.05, 0.1) is 0 Å². The van der Waals surface area contributed by atoms with E-state index in [1.54, 1.807) is 6.20 Å². The number of aryl methyl sites for hydroxylation is 1. The number of aliphatic hydroxyl groups excluding tert-OH is 1. The van der Waals surface area contributed by atoms with Crippen LogP contribution in [0.1, 0.15) is 19.2 Å². The van der Waals surface area contributed by atoms with Crippen LogP contribution in [0.2, 0.25) is 0 Å². The zero-order valence-electron chi connectivity index (χ0n) is 12.6. The summed E-state index contributed by atoms with van der Waals surface area (Å²) in [5.74, 6) is 1.48. The van der Waals surface area contributed by atoms with E-state index < -0.39 is 0 Å². The van der Waals surface area contributed by atoms with E-state index in [1.807, 2.05) is 25.3 Å². The molecule has 3 atom stereocenters. The predicted octanol–water partition coefficient (Wildman–Crippen LogP) is 1.06. The molecular formula is C15H24N4O2. The van der Waals surface area contributed by atoms with Gasteiger partial charge >= 0.3 is 6.03 Å². The predicted molar refractivity (Wildman–Crippen MR) is 80.8 cm³/mol. The highest BCUT2D eigenvalue weighted by atomic mass is 16.3. The molecule has 0 aliphatic heterocycles. The van der Waals surface area contributed by atoms with Crippen molar-refractivity contribution >= 4 is 6.03 Å². The van der Waals surface area contributed by atoms with Crippen molar-refractivity contribution < 1.29 is 9.90 Å². The molecule has 0 radical (unpaired) electrons. The van der Waals surface area contributed by atoms with Crippen LogP contribution in [0.25, 0.3) is 0 Å². The first-order valence-electron chi connectivity index (χ1n) is 7.39. The molecule has 1 aromatic heterocycles. The molecule has 0 aromatic carbocycles. The number of rotatable bonds is 6. The van der Waals surface area contributed by atoms with Crippen molar-refractivity contribution in [2.75, 3.05) is 13.2 Å². The summed E-state index contributed by atoms with van der Waals surface area (Å²) in [6.07, 6.45) is 8.40. The van der Waals surface area contributed by atoms with Gasteiger partial charge in [0.1, 0.15) is 5.82 Å². The molecule has 2 rings (SSSR count). The number of urea groups is 1. The lowest BCUT2D eigenvalue weighted by Crippen LogP contribution is -2.42. The van der Waals surface area contributed by atoms with E-state index in [1.165, 1.54) is 0 Å². The van der Waals surface area contributed by atoms with E-state index in [9.17, 15) is 4.79 Å². The molecule has 6 nitrogen and oxygen atoms in total. The van der Waals surface area contributed by atoms with Gasteiger partial charge in [-0.15, -0.1) is 0 Å². The molecule has 0 saturated carbocycles. The summed E-state index contributed by atoms with van der Waals surface area (Å²) in [6.45, 7) is 5.65. The van der Waals surface area contributed by atoms with Crippen LogP contribution in [-0.4, -0.2) is 39.9 Å². The van der Waals surface area contributed by atoms with Gasteiger partial charge in [0.2, 0.25) is 0 Å². The lowest BCUT2D eigenvalue weighted by atomic mass is 10.1. The van der Waals surface area contributed by atoms with Crippen LogP contribution in [0.5, 0.6) is 0 Å². The highest BCUT2D eigenvalue weighted by Crippen LogP contribution is 2.16. The largest absolute Gasteiger partial charge is 0.396 e. The monoisotopic (exact) mass is 292 g/mol. The second kappa shape index (κ2) is 7.26. The van der Waals surface area contributed by atoms with Crippen molar-refractivity contribution in [3.8, 4) is 0 Å². The Bertz CT molecular complexity index is 498. The van der Waals surface area contributed by atoms with Crippen molar-refractivity contribution in [1.82, 2.24) is 20.2 Å². The van der Waals surface area contributed by atoms with Crippen LogP contribution in [0, 0.1) is 18.8 Å². The fourth-order valence-electron chi connectivity index (χ4n) is 2.50. The molecule has 1 unspecified atom stereocenters. The third-order valence-corrected chi connectivity index (χ3v) is 3.77. The van der Waals surface area contributed by atoms with Crippen LogP contribution >= 0.6 is 0 Å². The first-order valence-corrected chi connectivity index (χ1v) is 7.39. The standard InChI is InChI=1S/C15H24N4O2/c1-11(9-19-6-5-16-12(19)2)8-17-15(21)18-14-4-3-13(7-14)10-20/h3-6,11,13-14,20H,7-10H2,1-2H3,(H2,17,18,21)/t11?,13-,14+/m0/s1. The van der Waals surface area contributed by atoms with Gasteiger partial charge in [0.15, 0.2) is 0 Å². The van der Waals surface area contributed by atoms with E-state index >= 15 is 0 Å². The van der Waals surface area contributed by atoms with E-state index in [4.69, 9.17) is 5.11 Å². The summed E-state index contributed by atoms with van der Waals surface area (Å²) in [5, 5.41) is 14.8. The molecule has 6 heteroatoms. The average molecular weight is 292 g/mol. The maximum Gasteiger partial charge on any atom is 0.315 e. The molecule has 116 valence electrons. The van der Waals surface area contributed by atoms with Crippen molar-refractivity contribution in [1.29, 1.82) is 0 Å². The Hall–Kier alpha value is -1.82. The minimum absolute atomic E-state index is 0.0216. The summed E-state index contributed by atoms with van der Waals surface area (Å²) in [7, 11) is 0. The molecule has 0 bridgehead atoms. The number of aliphatic hydroxyl groups is 1. The number of carbonyl (C=O) groups excluding carboxylic acids is 1. The van der Waals surface area contributed by atoms with Crippen molar-refractivity contribution in [2.45, 2.75) is 32.9 Å². The van der Waals surface area contributed by atoms with Crippen molar-refractivity contribution in [3.63, 3.8) is 0 Å². The number of carbonyl (C=O) groups is 1. The second-order valence-electron chi connectivity index (χ2n) is 5.76. The molecule has 1 aromatic rings. The third kappa shape index (κ3) is 4.60. The summed E-state index contributed by atoms with van der Waals surface area (Å²) in [5.41, 5.74) is 0. The Morgan fingerprint density at radius 2 is 2.38 bits per heavy atom. The zero-order valence-corrected chi connectivity index (χ0v) is 12.6. The molecule has 1 heterocycles. The topological polar surface area (TPSA) is 79.2 Å². The average Bonchev–Trinajstić information content (AvgIpc) is 3.06. The molecule has 21 heavy (non-hydrogen) atoms. The smallest absolute Gasteiger partial charge is 0.315 e. The lowest BCUT2D eigenvalue weighted by molar-refractivity contribution is 0.230. The van der Waals surface area contributed by atoms with Crippen LogP contribution < -0.4 is 10.6 Å². The van der Waals surface area contributed by atoms with E-state index in [0.717, 1.165) is 18.8 Å². The van der Waals surface area contributed by atoms with Gasteiger partial charge in [-0.05, 0) is 19.3 Å². The maximum absolute atomic E-state index is 11.8.